The van der Waals surface area contributed by atoms with Crippen molar-refractivity contribution in [1.29, 1.82) is 0 Å². The molecule has 0 saturated carbocycles. The molecular weight excluding hydrogens is 293 g/mol. The van der Waals surface area contributed by atoms with Crippen molar-refractivity contribution < 1.29 is 5.11 Å². The van der Waals surface area contributed by atoms with Crippen LogP contribution in [-0.4, -0.2) is 9.67 Å². The van der Waals surface area contributed by atoms with Gasteiger partial charge in [0.2, 0.25) is 0 Å². The summed E-state index contributed by atoms with van der Waals surface area (Å²) in [6.45, 7) is 2.77. The van der Waals surface area contributed by atoms with E-state index in [1.165, 1.54) is 0 Å². The highest BCUT2D eigenvalue weighted by Gasteiger charge is 2.08. The molecule has 0 aliphatic rings. The molecule has 2 aromatic carbocycles. The van der Waals surface area contributed by atoms with E-state index in [2.05, 4.69) is 17.6 Å². The van der Waals surface area contributed by atoms with Crippen LogP contribution >= 0.6 is 23.2 Å². The highest BCUT2D eigenvalue weighted by atomic mass is 35.5. The molecular formula is C16H13Cl2NO. The van der Waals surface area contributed by atoms with Gasteiger partial charge < -0.3 is 9.67 Å². The van der Waals surface area contributed by atoms with Crippen LogP contribution in [0.2, 0.25) is 10.0 Å². The molecule has 20 heavy (non-hydrogen) atoms. The van der Waals surface area contributed by atoms with Gasteiger partial charge in [0.1, 0.15) is 5.75 Å². The first-order valence-electron chi connectivity index (χ1n) is 6.27. The smallest absolute Gasteiger partial charge is 0.116 e. The van der Waals surface area contributed by atoms with Gasteiger partial charge >= 0.3 is 0 Å². The van der Waals surface area contributed by atoms with Crippen LogP contribution < -0.4 is 0 Å². The lowest BCUT2D eigenvalue weighted by Crippen LogP contribution is -2.01. The monoisotopic (exact) mass is 305 g/mol. The highest BCUT2D eigenvalue weighted by Crippen LogP contribution is 2.27. The molecule has 0 aliphatic heterocycles. The maximum absolute atomic E-state index is 9.55. The van der Waals surface area contributed by atoms with Gasteiger partial charge in [-0.05, 0) is 48.9 Å². The summed E-state index contributed by atoms with van der Waals surface area (Å²) >= 11 is 12.0. The maximum atomic E-state index is 9.55. The second-order valence-corrected chi connectivity index (χ2v) is 5.68. The van der Waals surface area contributed by atoms with Crippen LogP contribution in [0.4, 0.5) is 0 Å². The van der Waals surface area contributed by atoms with E-state index in [9.17, 15) is 5.11 Å². The molecule has 0 amide bonds. The fraction of sp³-hybridized carbons (Fsp3) is 0.125. The number of nitrogens with zero attached hydrogens (tertiary/aromatic N) is 1. The zero-order valence-electron chi connectivity index (χ0n) is 10.9. The molecule has 0 spiro atoms. The van der Waals surface area contributed by atoms with Gasteiger partial charge in [0.15, 0.2) is 0 Å². The Balaban J connectivity index is 2.05. The Labute approximate surface area is 127 Å². The van der Waals surface area contributed by atoms with E-state index in [0.29, 0.717) is 10.0 Å². The Morgan fingerprint density at radius 3 is 2.55 bits per heavy atom. The number of aryl methyl sites for hydroxylation is 1. The molecule has 1 aromatic heterocycles. The third-order valence-corrected chi connectivity index (χ3v) is 4.16. The molecule has 1 heterocycles. The normalized spacial score (nSPS) is 11.2. The average molecular weight is 306 g/mol. The molecule has 0 radical (unpaired) electrons. The van der Waals surface area contributed by atoms with Gasteiger partial charge in [-0.2, -0.15) is 0 Å². The predicted molar refractivity (Wildman–Crippen MR) is 83.9 cm³/mol. The molecule has 0 aliphatic carbocycles. The van der Waals surface area contributed by atoms with E-state index in [0.717, 1.165) is 28.7 Å². The number of phenolic OH excluding ortho intramolecular Hbond substituents is 1. The predicted octanol–water partition coefficient (Wildman–Crippen LogP) is 5.01. The van der Waals surface area contributed by atoms with Crippen molar-refractivity contribution in [2.45, 2.75) is 13.5 Å². The van der Waals surface area contributed by atoms with Crippen molar-refractivity contribution in [3.63, 3.8) is 0 Å². The van der Waals surface area contributed by atoms with Crippen LogP contribution in [0.5, 0.6) is 5.75 Å². The third kappa shape index (κ3) is 2.37. The summed E-state index contributed by atoms with van der Waals surface area (Å²) in [7, 11) is 0. The van der Waals surface area contributed by atoms with Crippen molar-refractivity contribution in [2.75, 3.05) is 0 Å². The van der Waals surface area contributed by atoms with Crippen LogP contribution in [-0.2, 0) is 6.54 Å². The summed E-state index contributed by atoms with van der Waals surface area (Å²) in [6.07, 6.45) is 0. The van der Waals surface area contributed by atoms with E-state index in [1.807, 2.05) is 24.3 Å². The lowest BCUT2D eigenvalue weighted by molar-refractivity contribution is 0.476. The van der Waals surface area contributed by atoms with E-state index in [1.54, 1.807) is 12.1 Å². The quantitative estimate of drug-likeness (QED) is 0.707. The number of halogens is 2. The third-order valence-electron chi connectivity index (χ3n) is 3.42. The summed E-state index contributed by atoms with van der Waals surface area (Å²) in [5.41, 5.74) is 3.32. The van der Waals surface area contributed by atoms with Gasteiger partial charge in [-0.1, -0.05) is 29.3 Å². The van der Waals surface area contributed by atoms with Crippen LogP contribution in [0.3, 0.4) is 0 Å². The molecule has 2 nitrogen and oxygen atoms in total. The first-order valence-corrected chi connectivity index (χ1v) is 7.03. The Bertz CT molecular complexity index is 793. The number of benzene rings is 2. The van der Waals surface area contributed by atoms with E-state index in [-0.39, 0.29) is 5.75 Å². The molecule has 0 atom stereocenters. The first kappa shape index (κ1) is 13.3. The number of aromatic nitrogens is 1. The summed E-state index contributed by atoms with van der Waals surface area (Å²) in [6, 6.07) is 13.1. The van der Waals surface area contributed by atoms with Gasteiger partial charge in [0.25, 0.3) is 0 Å². The van der Waals surface area contributed by atoms with Gasteiger partial charge in [-0.3, -0.25) is 0 Å². The van der Waals surface area contributed by atoms with Crippen molar-refractivity contribution in [3.05, 3.63) is 63.8 Å². The zero-order chi connectivity index (χ0) is 14.3. The van der Waals surface area contributed by atoms with Crippen molar-refractivity contribution in [3.8, 4) is 5.75 Å². The maximum Gasteiger partial charge on any atom is 0.116 e. The lowest BCUT2D eigenvalue weighted by atomic mass is 10.2. The SMILES string of the molecule is Cc1cc2cc(O)ccc2n1Cc1ccc(Cl)c(Cl)c1. The largest absolute Gasteiger partial charge is 0.508 e. The van der Waals surface area contributed by atoms with E-state index in [4.69, 9.17) is 23.2 Å². The molecule has 3 aromatic rings. The fourth-order valence-corrected chi connectivity index (χ4v) is 2.75. The summed E-state index contributed by atoms with van der Waals surface area (Å²) < 4.78 is 2.19. The molecule has 4 heteroatoms. The van der Waals surface area contributed by atoms with Crippen molar-refractivity contribution in [1.82, 2.24) is 4.57 Å². The lowest BCUT2D eigenvalue weighted by Gasteiger charge is -2.09. The number of aromatic hydroxyl groups is 1. The second kappa shape index (κ2) is 5.04. The molecule has 102 valence electrons. The molecule has 3 rings (SSSR count). The van der Waals surface area contributed by atoms with Gasteiger partial charge in [-0.25, -0.2) is 0 Å². The highest BCUT2D eigenvalue weighted by molar-refractivity contribution is 6.42. The van der Waals surface area contributed by atoms with Gasteiger partial charge in [0.05, 0.1) is 10.0 Å². The minimum Gasteiger partial charge on any atom is -0.508 e. The summed E-state index contributed by atoms with van der Waals surface area (Å²) in [4.78, 5) is 0. The standard InChI is InChI=1S/C16H13Cl2NO/c1-10-6-12-8-13(20)3-5-16(12)19(10)9-11-2-4-14(17)15(18)7-11/h2-8,20H,9H2,1H3. The van der Waals surface area contributed by atoms with Gasteiger partial charge in [0, 0.05) is 23.1 Å². The second-order valence-electron chi connectivity index (χ2n) is 4.86. The molecule has 0 unspecified atom stereocenters. The van der Waals surface area contributed by atoms with E-state index < -0.39 is 0 Å². The Morgan fingerprint density at radius 1 is 1.00 bits per heavy atom. The van der Waals surface area contributed by atoms with Crippen LogP contribution in [0.1, 0.15) is 11.3 Å². The number of hydrogen-bond acceptors (Lipinski definition) is 1. The topological polar surface area (TPSA) is 25.2 Å². The molecule has 1 N–H and O–H groups in total. The minimum absolute atomic E-state index is 0.282. The van der Waals surface area contributed by atoms with E-state index >= 15 is 0 Å². The average Bonchev–Trinajstić information content (AvgIpc) is 2.69. The fourth-order valence-electron chi connectivity index (χ4n) is 2.43. The molecule has 0 saturated heterocycles. The Morgan fingerprint density at radius 2 is 1.80 bits per heavy atom. The van der Waals surface area contributed by atoms with Crippen molar-refractivity contribution >= 4 is 34.1 Å². The summed E-state index contributed by atoms with van der Waals surface area (Å²) in [5, 5.41) is 11.7. The van der Waals surface area contributed by atoms with Crippen LogP contribution in [0, 0.1) is 6.92 Å². The number of phenols is 1. The van der Waals surface area contributed by atoms with Crippen LogP contribution in [0.15, 0.2) is 42.5 Å². The first-order chi connectivity index (χ1) is 9.54. The zero-order valence-corrected chi connectivity index (χ0v) is 12.4. The van der Waals surface area contributed by atoms with Crippen molar-refractivity contribution in [2.24, 2.45) is 0 Å². The van der Waals surface area contributed by atoms with Gasteiger partial charge in [-0.15, -0.1) is 0 Å². The molecule has 0 fully saturated rings. The number of rotatable bonds is 2. The number of fused-ring (bicyclic) bond motifs is 1. The minimum atomic E-state index is 0.282. The molecule has 0 bridgehead atoms. The van der Waals surface area contributed by atoms with Crippen LogP contribution in [0.25, 0.3) is 10.9 Å². The Kier molecular flexibility index (Phi) is 3.36. The Hall–Kier alpha value is -1.64. The number of hydrogen-bond donors (Lipinski definition) is 1. The summed E-state index contributed by atoms with van der Waals surface area (Å²) in [5.74, 6) is 0.282.